The molecule has 2 N–H and O–H groups in total. The summed E-state index contributed by atoms with van der Waals surface area (Å²) in [6.07, 6.45) is 4.26. The van der Waals surface area contributed by atoms with Crippen molar-refractivity contribution in [1.29, 1.82) is 0 Å². The molecule has 2 rings (SSSR count). The predicted molar refractivity (Wildman–Crippen MR) is 80.7 cm³/mol. The predicted octanol–water partition coefficient (Wildman–Crippen LogP) is 1.97. The first kappa shape index (κ1) is 15.5. The Labute approximate surface area is 124 Å². The molecule has 0 radical (unpaired) electrons. The van der Waals surface area contributed by atoms with E-state index in [2.05, 4.69) is 4.98 Å². The summed E-state index contributed by atoms with van der Waals surface area (Å²) in [7, 11) is -3.71. The smallest absolute Gasteiger partial charge is 0.238 e. The number of ether oxygens (including phenoxy) is 1. The summed E-state index contributed by atoms with van der Waals surface area (Å²) in [4.78, 5) is 4.21. The fourth-order valence-corrected chi connectivity index (χ4v) is 3.29. The highest BCUT2D eigenvalue weighted by Crippen LogP contribution is 2.24. The number of benzene rings is 1. The van der Waals surface area contributed by atoms with Gasteiger partial charge in [0.1, 0.15) is 5.75 Å². The van der Waals surface area contributed by atoms with E-state index in [-0.39, 0.29) is 4.90 Å². The van der Waals surface area contributed by atoms with Gasteiger partial charge < -0.3 is 4.74 Å². The third-order valence-electron chi connectivity index (χ3n) is 3.10. The van der Waals surface area contributed by atoms with Gasteiger partial charge in [0.15, 0.2) is 0 Å². The van der Waals surface area contributed by atoms with Gasteiger partial charge >= 0.3 is 0 Å². The van der Waals surface area contributed by atoms with Crippen LogP contribution in [0.1, 0.15) is 16.7 Å². The summed E-state index contributed by atoms with van der Waals surface area (Å²) in [5.74, 6) is 0.640. The van der Waals surface area contributed by atoms with E-state index in [1.807, 2.05) is 12.1 Å². The van der Waals surface area contributed by atoms with Crippen LogP contribution in [-0.4, -0.2) is 20.0 Å². The molecule has 0 amide bonds. The van der Waals surface area contributed by atoms with Crippen LogP contribution in [0.15, 0.2) is 41.6 Å². The monoisotopic (exact) mass is 306 g/mol. The molecule has 1 aromatic heterocycles. The Balaban J connectivity index is 2.09. The van der Waals surface area contributed by atoms with Crippen molar-refractivity contribution in [2.75, 3.05) is 6.61 Å². The molecule has 0 saturated carbocycles. The average molecular weight is 306 g/mol. The van der Waals surface area contributed by atoms with E-state index in [0.717, 1.165) is 12.0 Å². The topological polar surface area (TPSA) is 82.3 Å². The number of hydrogen-bond acceptors (Lipinski definition) is 4. The summed E-state index contributed by atoms with van der Waals surface area (Å²) in [6.45, 7) is 3.92. The number of pyridine rings is 1. The van der Waals surface area contributed by atoms with Crippen molar-refractivity contribution in [2.45, 2.75) is 25.2 Å². The van der Waals surface area contributed by atoms with Gasteiger partial charge in [0, 0.05) is 18.8 Å². The van der Waals surface area contributed by atoms with Crippen molar-refractivity contribution < 1.29 is 13.2 Å². The maximum absolute atomic E-state index is 11.5. The number of aromatic nitrogens is 1. The molecule has 6 heteroatoms. The van der Waals surface area contributed by atoms with Crippen LogP contribution in [-0.2, 0) is 16.4 Å². The van der Waals surface area contributed by atoms with Crippen molar-refractivity contribution in [3.05, 3.63) is 53.3 Å². The zero-order valence-electron chi connectivity index (χ0n) is 12.0. The molecule has 0 saturated heterocycles. The first-order valence-corrected chi connectivity index (χ1v) is 8.08. The van der Waals surface area contributed by atoms with E-state index in [1.165, 1.54) is 0 Å². The van der Waals surface area contributed by atoms with Crippen LogP contribution >= 0.6 is 0 Å². The first-order valence-electron chi connectivity index (χ1n) is 6.53. The van der Waals surface area contributed by atoms with Gasteiger partial charge in [-0.2, -0.15) is 0 Å². The highest BCUT2D eigenvalue weighted by Gasteiger charge is 2.16. The molecule has 5 nitrogen and oxygen atoms in total. The van der Waals surface area contributed by atoms with Gasteiger partial charge in [-0.1, -0.05) is 6.07 Å². The Hall–Kier alpha value is -1.92. The van der Waals surface area contributed by atoms with Gasteiger partial charge in [-0.05, 0) is 48.7 Å². The fourth-order valence-electron chi connectivity index (χ4n) is 2.28. The average Bonchev–Trinajstić information content (AvgIpc) is 2.37. The Morgan fingerprint density at radius 1 is 1.24 bits per heavy atom. The Morgan fingerprint density at radius 3 is 2.43 bits per heavy atom. The molecule has 0 aliphatic carbocycles. The molecule has 2 aromatic rings. The summed E-state index contributed by atoms with van der Waals surface area (Å²) >= 11 is 0. The Bertz CT molecular complexity index is 705. The van der Waals surface area contributed by atoms with E-state index in [0.29, 0.717) is 23.5 Å². The van der Waals surface area contributed by atoms with Crippen LogP contribution in [0.3, 0.4) is 0 Å². The lowest BCUT2D eigenvalue weighted by molar-refractivity contribution is 0.321. The molecule has 21 heavy (non-hydrogen) atoms. The van der Waals surface area contributed by atoms with Gasteiger partial charge in [-0.15, -0.1) is 0 Å². The van der Waals surface area contributed by atoms with E-state index in [4.69, 9.17) is 9.88 Å². The van der Waals surface area contributed by atoms with Gasteiger partial charge in [-0.25, -0.2) is 13.6 Å². The highest BCUT2D eigenvalue weighted by molar-refractivity contribution is 7.89. The molecular formula is C15H18N2O3S. The van der Waals surface area contributed by atoms with Gasteiger partial charge in [0.2, 0.25) is 10.0 Å². The number of nitrogens with two attached hydrogens (primary N) is 1. The third-order valence-corrected chi connectivity index (χ3v) is 4.31. The Kier molecular flexibility index (Phi) is 4.59. The Morgan fingerprint density at radius 2 is 1.90 bits per heavy atom. The molecule has 0 fully saturated rings. The number of hydrogen-bond donors (Lipinski definition) is 1. The van der Waals surface area contributed by atoms with Gasteiger partial charge in [0.05, 0.1) is 11.5 Å². The van der Waals surface area contributed by atoms with Crippen LogP contribution in [0.4, 0.5) is 0 Å². The lowest BCUT2D eigenvalue weighted by atomic mass is 10.1. The van der Waals surface area contributed by atoms with Crippen LogP contribution in [0.25, 0.3) is 0 Å². The van der Waals surface area contributed by atoms with Crippen LogP contribution in [0.5, 0.6) is 5.75 Å². The lowest BCUT2D eigenvalue weighted by Crippen LogP contribution is -2.15. The largest absolute Gasteiger partial charge is 0.493 e. The fraction of sp³-hybridized carbons (Fsp3) is 0.267. The zero-order chi connectivity index (χ0) is 15.5. The molecule has 0 unspecified atom stereocenters. The normalized spacial score (nSPS) is 11.4. The minimum absolute atomic E-state index is 0.169. The zero-order valence-corrected chi connectivity index (χ0v) is 12.9. The molecular weight excluding hydrogens is 288 g/mol. The van der Waals surface area contributed by atoms with Crippen molar-refractivity contribution in [3.8, 4) is 5.75 Å². The molecule has 112 valence electrons. The molecule has 0 bridgehead atoms. The first-order chi connectivity index (χ1) is 9.88. The van der Waals surface area contributed by atoms with Crippen molar-refractivity contribution in [3.63, 3.8) is 0 Å². The molecule has 0 aliphatic heterocycles. The van der Waals surface area contributed by atoms with Crippen LogP contribution in [0.2, 0.25) is 0 Å². The SMILES string of the molecule is Cc1cc(OCCc2cccnc2)cc(C)c1S(N)(=O)=O. The summed E-state index contributed by atoms with van der Waals surface area (Å²) in [5.41, 5.74) is 2.27. The van der Waals surface area contributed by atoms with E-state index in [9.17, 15) is 8.42 Å². The van der Waals surface area contributed by atoms with Crippen molar-refractivity contribution >= 4 is 10.0 Å². The standard InChI is InChI=1S/C15H18N2O3S/c1-11-8-14(9-12(2)15(11)21(16,18)19)20-7-5-13-4-3-6-17-10-13/h3-4,6,8-10H,5,7H2,1-2H3,(H2,16,18,19). The van der Waals surface area contributed by atoms with Gasteiger partial charge in [0.25, 0.3) is 0 Å². The van der Waals surface area contributed by atoms with E-state index in [1.54, 1.807) is 38.4 Å². The maximum atomic E-state index is 11.5. The van der Waals surface area contributed by atoms with Gasteiger partial charge in [-0.3, -0.25) is 4.98 Å². The number of sulfonamides is 1. The van der Waals surface area contributed by atoms with Crippen molar-refractivity contribution in [1.82, 2.24) is 4.98 Å². The molecule has 1 aromatic carbocycles. The molecule has 1 heterocycles. The molecule has 0 aliphatic rings. The second-order valence-corrected chi connectivity index (χ2v) is 6.39. The minimum atomic E-state index is -3.71. The maximum Gasteiger partial charge on any atom is 0.238 e. The van der Waals surface area contributed by atoms with E-state index >= 15 is 0 Å². The molecule has 0 atom stereocenters. The van der Waals surface area contributed by atoms with Crippen molar-refractivity contribution in [2.24, 2.45) is 5.14 Å². The number of nitrogens with zero attached hydrogens (tertiary/aromatic N) is 1. The number of rotatable bonds is 5. The second-order valence-electron chi connectivity index (χ2n) is 4.89. The van der Waals surface area contributed by atoms with E-state index < -0.39 is 10.0 Å². The third kappa shape index (κ3) is 4.03. The minimum Gasteiger partial charge on any atom is -0.493 e. The lowest BCUT2D eigenvalue weighted by Gasteiger charge is -2.12. The number of aryl methyl sites for hydroxylation is 2. The highest BCUT2D eigenvalue weighted by atomic mass is 32.2. The molecule has 0 spiro atoms. The summed E-state index contributed by atoms with van der Waals surface area (Å²) < 4.78 is 28.7. The number of primary sulfonamides is 1. The second kappa shape index (κ2) is 6.24. The quantitative estimate of drug-likeness (QED) is 0.915. The van der Waals surface area contributed by atoms with Crippen LogP contribution in [0, 0.1) is 13.8 Å². The summed E-state index contributed by atoms with van der Waals surface area (Å²) in [5, 5.41) is 5.21. The summed E-state index contributed by atoms with van der Waals surface area (Å²) in [6, 6.07) is 7.24. The van der Waals surface area contributed by atoms with Crippen LogP contribution < -0.4 is 9.88 Å².